The van der Waals surface area contributed by atoms with Crippen molar-refractivity contribution in [3.05, 3.63) is 29.8 Å². The van der Waals surface area contributed by atoms with Crippen molar-refractivity contribution in [1.82, 2.24) is 0 Å². The summed E-state index contributed by atoms with van der Waals surface area (Å²) < 4.78 is 15.3. The van der Waals surface area contributed by atoms with Crippen LogP contribution in [0, 0.1) is 0 Å². The summed E-state index contributed by atoms with van der Waals surface area (Å²) in [6.45, 7) is 3.66. The van der Waals surface area contributed by atoms with Crippen LogP contribution in [-0.4, -0.2) is 20.2 Å². The molecule has 17 heavy (non-hydrogen) atoms. The molecule has 0 saturated heterocycles. The van der Waals surface area contributed by atoms with Crippen molar-refractivity contribution in [3.63, 3.8) is 0 Å². The van der Waals surface area contributed by atoms with Crippen molar-refractivity contribution < 1.29 is 19.0 Å². The molecule has 0 unspecified atom stereocenters. The summed E-state index contributed by atoms with van der Waals surface area (Å²) in [7, 11) is 3.08. The number of rotatable bonds is 4. The van der Waals surface area contributed by atoms with Crippen molar-refractivity contribution in [3.8, 4) is 17.2 Å². The van der Waals surface area contributed by atoms with Crippen LogP contribution >= 0.6 is 0 Å². The first-order valence-electron chi connectivity index (χ1n) is 5.15. The Labute approximate surface area is 101 Å². The van der Waals surface area contributed by atoms with Gasteiger partial charge in [0.2, 0.25) is 0 Å². The Bertz CT molecular complexity index is 431. The standard InChI is InChI=1S/C13H16O4/c1-9(2)7-13(14)17-10-5-6-11(15-3)12(8-10)16-4/h5-8H,1-4H3. The minimum absolute atomic E-state index is 0.405. The van der Waals surface area contributed by atoms with E-state index in [2.05, 4.69) is 0 Å². The molecular formula is C13H16O4. The first-order chi connectivity index (χ1) is 8.06. The molecule has 0 heterocycles. The molecule has 4 nitrogen and oxygen atoms in total. The summed E-state index contributed by atoms with van der Waals surface area (Å²) in [5, 5.41) is 0. The van der Waals surface area contributed by atoms with Crippen molar-refractivity contribution in [1.29, 1.82) is 0 Å². The number of esters is 1. The van der Waals surface area contributed by atoms with E-state index in [4.69, 9.17) is 14.2 Å². The summed E-state index contributed by atoms with van der Waals surface area (Å²) in [5.41, 5.74) is 0.885. The maximum absolute atomic E-state index is 11.4. The fraction of sp³-hybridized carbons (Fsp3) is 0.308. The third kappa shape index (κ3) is 3.83. The average Bonchev–Trinajstić information content (AvgIpc) is 2.27. The van der Waals surface area contributed by atoms with E-state index in [1.807, 2.05) is 13.8 Å². The number of carbonyl (C=O) groups excluding carboxylic acids is 1. The first-order valence-corrected chi connectivity index (χ1v) is 5.15. The molecule has 0 N–H and O–H groups in total. The molecule has 0 fully saturated rings. The molecule has 0 bridgehead atoms. The molecule has 0 aliphatic carbocycles. The number of hydrogen-bond acceptors (Lipinski definition) is 4. The number of ether oxygens (including phenoxy) is 3. The monoisotopic (exact) mass is 236 g/mol. The van der Waals surface area contributed by atoms with E-state index >= 15 is 0 Å². The van der Waals surface area contributed by atoms with Crippen LogP contribution in [0.3, 0.4) is 0 Å². The predicted molar refractivity (Wildman–Crippen MR) is 64.6 cm³/mol. The highest BCUT2D eigenvalue weighted by atomic mass is 16.5. The van der Waals surface area contributed by atoms with E-state index in [0.717, 1.165) is 5.57 Å². The van der Waals surface area contributed by atoms with Gasteiger partial charge in [-0.05, 0) is 26.0 Å². The van der Waals surface area contributed by atoms with Gasteiger partial charge < -0.3 is 14.2 Å². The van der Waals surface area contributed by atoms with E-state index in [0.29, 0.717) is 17.2 Å². The van der Waals surface area contributed by atoms with Gasteiger partial charge in [0.05, 0.1) is 14.2 Å². The van der Waals surface area contributed by atoms with Crippen molar-refractivity contribution in [2.24, 2.45) is 0 Å². The zero-order chi connectivity index (χ0) is 12.8. The zero-order valence-corrected chi connectivity index (χ0v) is 10.4. The lowest BCUT2D eigenvalue weighted by Crippen LogP contribution is -2.04. The van der Waals surface area contributed by atoms with Crippen LogP contribution in [-0.2, 0) is 4.79 Å². The topological polar surface area (TPSA) is 44.8 Å². The molecule has 0 spiro atoms. The summed E-state index contributed by atoms with van der Waals surface area (Å²) in [6.07, 6.45) is 1.43. The number of carbonyl (C=O) groups is 1. The van der Waals surface area contributed by atoms with Gasteiger partial charge in [-0.3, -0.25) is 0 Å². The number of methoxy groups -OCH3 is 2. The lowest BCUT2D eigenvalue weighted by Gasteiger charge is -2.09. The molecule has 0 saturated carbocycles. The fourth-order valence-electron chi connectivity index (χ4n) is 1.26. The number of benzene rings is 1. The summed E-state index contributed by atoms with van der Waals surface area (Å²) in [5.74, 6) is 1.13. The van der Waals surface area contributed by atoms with Crippen LogP contribution in [0.25, 0.3) is 0 Å². The second-order valence-electron chi connectivity index (χ2n) is 3.66. The van der Waals surface area contributed by atoms with Gasteiger partial charge in [-0.1, -0.05) is 5.57 Å². The molecule has 0 aromatic heterocycles. The Morgan fingerprint density at radius 3 is 2.29 bits per heavy atom. The van der Waals surface area contributed by atoms with Gasteiger partial charge in [0.15, 0.2) is 11.5 Å². The molecule has 0 radical (unpaired) electrons. The van der Waals surface area contributed by atoms with Crippen LogP contribution < -0.4 is 14.2 Å². The Hall–Kier alpha value is -1.97. The van der Waals surface area contributed by atoms with Gasteiger partial charge in [-0.2, -0.15) is 0 Å². The SMILES string of the molecule is COc1ccc(OC(=O)C=C(C)C)cc1OC. The summed E-state index contributed by atoms with van der Waals surface area (Å²) in [6, 6.07) is 4.94. The number of hydrogen-bond donors (Lipinski definition) is 0. The minimum Gasteiger partial charge on any atom is -0.493 e. The molecule has 0 amide bonds. The summed E-state index contributed by atoms with van der Waals surface area (Å²) in [4.78, 5) is 11.4. The quantitative estimate of drug-likeness (QED) is 0.458. The molecule has 92 valence electrons. The Balaban J connectivity index is 2.86. The van der Waals surface area contributed by atoms with E-state index < -0.39 is 5.97 Å². The van der Waals surface area contributed by atoms with Crippen LogP contribution in [0.5, 0.6) is 17.2 Å². The van der Waals surface area contributed by atoms with Crippen LogP contribution in [0.15, 0.2) is 29.8 Å². The molecule has 0 aliphatic rings. The molecule has 4 heteroatoms. The van der Waals surface area contributed by atoms with Crippen molar-refractivity contribution in [2.45, 2.75) is 13.8 Å². The maximum Gasteiger partial charge on any atom is 0.336 e. The van der Waals surface area contributed by atoms with Crippen LogP contribution in [0.2, 0.25) is 0 Å². The van der Waals surface area contributed by atoms with Crippen molar-refractivity contribution >= 4 is 5.97 Å². The minimum atomic E-state index is -0.405. The van der Waals surface area contributed by atoms with Gasteiger partial charge in [-0.25, -0.2) is 4.79 Å². The third-order valence-electron chi connectivity index (χ3n) is 1.98. The highest BCUT2D eigenvalue weighted by molar-refractivity contribution is 5.84. The first kappa shape index (κ1) is 13.1. The molecule has 0 aliphatic heterocycles. The second kappa shape index (κ2) is 5.94. The van der Waals surface area contributed by atoms with E-state index in [1.165, 1.54) is 13.2 Å². The van der Waals surface area contributed by atoms with E-state index in [1.54, 1.807) is 25.3 Å². The lowest BCUT2D eigenvalue weighted by atomic mass is 10.3. The molecular weight excluding hydrogens is 220 g/mol. The molecule has 0 atom stereocenters. The molecule has 1 rings (SSSR count). The smallest absolute Gasteiger partial charge is 0.336 e. The van der Waals surface area contributed by atoms with Gasteiger partial charge >= 0.3 is 5.97 Å². The van der Waals surface area contributed by atoms with Gasteiger partial charge in [0.1, 0.15) is 5.75 Å². The second-order valence-corrected chi connectivity index (χ2v) is 3.66. The third-order valence-corrected chi connectivity index (χ3v) is 1.98. The van der Waals surface area contributed by atoms with Gasteiger partial charge in [0, 0.05) is 12.1 Å². The highest BCUT2D eigenvalue weighted by Crippen LogP contribution is 2.30. The Morgan fingerprint density at radius 2 is 1.76 bits per heavy atom. The van der Waals surface area contributed by atoms with Gasteiger partial charge in [0.25, 0.3) is 0 Å². The predicted octanol–water partition coefficient (Wildman–Crippen LogP) is 2.58. The van der Waals surface area contributed by atoms with Crippen LogP contribution in [0.4, 0.5) is 0 Å². The lowest BCUT2D eigenvalue weighted by molar-refractivity contribution is -0.129. The fourth-order valence-corrected chi connectivity index (χ4v) is 1.26. The molecule has 1 aromatic carbocycles. The average molecular weight is 236 g/mol. The van der Waals surface area contributed by atoms with Crippen LogP contribution in [0.1, 0.15) is 13.8 Å². The van der Waals surface area contributed by atoms with Gasteiger partial charge in [-0.15, -0.1) is 0 Å². The summed E-state index contributed by atoms with van der Waals surface area (Å²) >= 11 is 0. The largest absolute Gasteiger partial charge is 0.493 e. The maximum atomic E-state index is 11.4. The normalized spacial score (nSPS) is 9.41. The highest BCUT2D eigenvalue weighted by Gasteiger charge is 2.07. The Morgan fingerprint density at radius 1 is 1.12 bits per heavy atom. The Kier molecular flexibility index (Phi) is 4.57. The van der Waals surface area contributed by atoms with E-state index in [9.17, 15) is 4.79 Å². The molecule has 1 aromatic rings. The van der Waals surface area contributed by atoms with E-state index in [-0.39, 0.29) is 0 Å². The zero-order valence-electron chi connectivity index (χ0n) is 10.4. The number of allylic oxidation sites excluding steroid dienone is 1. The van der Waals surface area contributed by atoms with Crippen molar-refractivity contribution in [2.75, 3.05) is 14.2 Å².